The zero-order valence-electron chi connectivity index (χ0n) is 16.1. The number of halogens is 1. The molecule has 2 heterocycles. The summed E-state index contributed by atoms with van der Waals surface area (Å²) in [6, 6.07) is 12.0. The van der Waals surface area contributed by atoms with Crippen molar-refractivity contribution in [2.45, 2.75) is 18.9 Å². The predicted octanol–water partition coefficient (Wildman–Crippen LogP) is 3.50. The Bertz CT molecular complexity index is 959. The van der Waals surface area contributed by atoms with Crippen LogP contribution < -0.4 is 4.90 Å². The molecule has 0 bridgehead atoms. The molecule has 0 spiro atoms. The van der Waals surface area contributed by atoms with Gasteiger partial charge in [-0.2, -0.15) is 0 Å². The van der Waals surface area contributed by atoms with Gasteiger partial charge in [-0.1, -0.05) is 24.8 Å². The number of ether oxygens (including phenoxy) is 1. The van der Waals surface area contributed by atoms with E-state index < -0.39 is 6.10 Å². The van der Waals surface area contributed by atoms with Gasteiger partial charge in [0, 0.05) is 29.9 Å². The first-order valence-electron chi connectivity index (χ1n) is 9.80. The molecule has 6 heteroatoms. The molecule has 2 amide bonds. The molecule has 0 aliphatic carbocycles. The highest BCUT2D eigenvalue weighted by molar-refractivity contribution is 6.02. The molecule has 1 unspecified atom stereocenters. The average molecular weight is 394 g/mol. The van der Waals surface area contributed by atoms with Crippen molar-refractivity contribution in [3.8, 4) is 0 Å². The molecule has 1 atom stereocenters. The summed E-state index contributed by atoms with van der Waals surface area (Å²) in [4.78, 5) is 28.6. The maximum absolute atomic E-state index is 14.1. The molecule has 1 saturated heterocycles. The lowest BCUT2D eigenvalue weighted by atomic mass is 9.98. The standard InChI is InChI=1S/C23H23FN2O3/c1-2-22(27)26-11-5-6-16-14-17(9-10-20(16)26)23(28)25-12-13-29-21(15-25)18-7-3-4-8-19(18)24/h2-4,7-10,14,21H,1,5-6,11-13,15H2. The summed E-state index contributed by atoms with van der Waals surface area (Å²) in [5.74, 6) is -0.567. The molecule has 5 nitrogen and oxygen atoms in total. The van der Waals surface area contributed by atoms with E-state index >= 15 is 0 Å². The van der Waals surface area contributed by atoms with Crippen molar-refractivity contribution < 1.29 is 18.7 Å². The Kier molecular flexibility index (Phi) is 5.45. The molecule has 150 valence electrons. The van der Waals surface area contributed by atoms with Crippen LogP contribution in [0.2, 0.25) is 0 Å². The van der Waals surface area contributed by atoms with E-state index in [1.807, 2.05) is 12.1 Å². The van der Waals surface area contributed by atoms with Gasteiger partial charge in [0.25, 0.3) is 5.91 Å². The van der Waals surface area contributed by atoms with E-state index in [9.17, 15) is 14.0 Å². The fourth-order valence-corrected chi connectivity index (χ4v) is 4.01. The van der Waals surface area contributed by atoms with Crippen LogP contribution >= 0.6 is 0 Å². The second-order valence-electron chi connectivity index (χ2n) is 7.27. The van der Waals surface area contributed by atoms with Crippen molar-refractivity contribution in [2.75, 3.05) is 31.1 Å². The fraction of sp³-hybridized carbons (Fsp3) is 0.304. The van der Waals surface area contributed by atoms with E-state index in [-0.39, 0.29) is 17.6 Å². The molecule has 4 rings (SSSR count). The molecular formula is C23H23FN2O3. The van der Waals surface area contributed by atoms with Crippen molar-refractivity contribution in [1.82, 2.24) is 4.90 Å². The number of aryl methyl sites for hydroxylation is 1. The van der Waals surface area contributed by atoms with Crippen LogP contribution in [-0.2, 0) is 16.0 Å². The highest BCUT2D eigenvalue weighted by Gasteiger charge is 2.29. The predicted molar refractivity (Wildman–Crippen MR) is 108 cm³/mol. The Balaban J connectivity index is 1.54. The lowest BCUT2D eigenvalue weighted by Crippen LogP contribution is -2.42. The van der Waals surface area contributed by atoms with Crippen LogP contribution in [0.25, 0.3) is 0 Å². The van der Waals surface area contributed by atoms with E-state index in [0.717, 1.165) is 24.1 Å². The minimum Gasteiger partial charge on any atom is -0.370 e. The minimum absolute atomic E-state index is 0.107. The van der Waals surface area contributed by atoms with Crippen LogP contribution in [0.5, 0.6) is 0 Å². The monoisotopic (exact) mass is 394 g/mol. The molecule has 2 aromatic rings. The lowest BCUT2D eigenvalue weighted by molar-refractivity contribution is -0.114. The van der Waals surface area contributed by atoms with Crippen LogP contribution in [0.1, 0.15) is 34.0 Å². The first-order valence-corrected chi connectivity index (χ1v) is 9.80. The molecule has 0 saturated carbocycles. The first kappa shape index (κ1) is 19.3. The highest BCUT2D eigenvalue weighted by atomic mass is 19.1. The number of carbonyl (C=O) groups is 2. The van der Waals surface area contributed by atoms with E-state index in [1.165, 1.54) is 12.1 Å². The summed E-state index contributed by atoms with van der Waals surface area (Å²) in [6.45, 7) is 5.34. The van der Waals surface area contributed by atoms with Gasteiger partial charge in [0.05, 0.1) is 13.2 Å². The van der Waals surface area contributed by atoms with Gasteiger partial charge >= 0.3 is 0 Å². The molecule has 0 radical (unpaired) electrons. The summed E-state index contributed by atoms with van der Waals surface area (Å²) >= 11 is 0. The van der Waals surface area contributed by atoms with Crippen LogP contribution in [0.4, 0.5) is 10.1 Å². The second kappa shape index (κ2) is 8.17. The van der Waals surface area contributed by atoms with E-state index in [0.29, 0.717) is 37.4 Å². The zero-order valence-corrected chi connectivity index (χ0v) is 16.1. The third-order valence-electron chi connectivity index (χ3n) is 5.49. The van der Waals surface area contributed by atoms with Crippen molar-refractivity contribution in [3.05, 3.63) is 77.6 Å². The number of amides is 2. The Hall–Kier alpha value is -2.99. The Labute approximate surface area is 169 Å². The van der Waals surface area contributed by atoms with Gasteiger partial charge in [-0.05, 0) is 48.7 Å². The number of rotatable bonds is 3. The van der Waals surface area contributed by atoms with E-state index in [1.54, 1.807) is 34.1 Å². The van der Waals surface area contributed by atoms with E-state index in [4.69, 9.17) is 4.74 Å². The van der Waals surface area contributed by atoms with Gasteiger partial charge in [-0.3, -0.25) is 9.59 Å². The maximum atomic E-state index is 14.1. The molecule has 29 heavy (non-hydrogen) atoms. The van der Waals surface area contributed by atoms with Crippen molar-refractivity contribution >= 4 is 17.5 Å². The number of hydrogen-bond acceptors (Lipinski definition) is 3. The topological polar surface area (TPSA) is 49.9 Å². The van der Waals surface area contributed by atoms with Crippen LogP contribution in [-0.4, -0.2) is 43.0 Å². The summed E-state index contributed by atoms with van der Waals surface area (Å²) < 4.78 is 19.8. The minimum atomic E-state index is -0.479. The fourth-order valence-electron chi connectivity index (χ4n) is 4.01. The van der Waals surface area contributed by atoms with E-state index in [2.05, 4.69) is 6.58 Å². The van der Waals surface area contributed by atoms with Crippen LogP contribution in [0.3, 0.4) is 0 Å². The third-order valence-corrected chi connectivity index (χ3v) is 5.49. The smallest absolute Gasteiger partial charge is 0.254 e. The Morgan fingerprint density at radius 3 is 2.79 bits per heavy atom. The SMILES string of the molecule is C=CC(=O)N1CCCc2cc(C(=O)N3CCOC(c4ccccc4F)C3)ccc21. The van der Waals surface area contributed by atoms with Gasteiger partial charge in [0.15, 0.2) is 0 Å². The van der Waals surface area contributed by atoms with Crippen molar-refractivity contribution in [2.24, 2.45) is 0 Å². The lowest BCUT2D eigenvalue weighted by Gasteiger charge is -2.34. The largest absolute Gasteiger partial charge is 0.370 e. The summed E-state index contributed by atoms with van der Waals surface area (Å²) in [5.41, 5.74) is 2.86. The van der Waals surface area contributed by atoms with Gasteiger partial charge < -0.3 is 14.5 Å². The Morgan fingerprint density at radius 2 is 2.00 bits per heavy atom. The van der Waals surface area contributed by atoms with Gasteiger partial charge in [0.2, 0.25) is 5.91 Å². The molecule has 1 fully saturated rings. The molecule has 0 aromatic heterocycles. The molecular weight excluding hydrogens is 371 g/mol. The second-order valence-corrected chi connectivity index (χ2v) is 7.27. The van der Waals surface area contributed by atoms with Gasteiger partial charge in [-0.25, -0.2) is 4.39 Å². The number of carbonyl (C=O) groups excluding carboxylic acids is 2. The van der Waals surface area contributed by atoms with Crippen molar-refractivity contribution in [1.29, 1.82) is 0 Å². The molecule has 2 aliphatic rings. The summed E-state index contributed by atoms with van der Waals surface area (Å²) in [5, 5.41) is 0. The number of benzene rings is 2. The number of anilines is 1. The molecule has 2 aliphatic heterocycles. The maximum Gasteiger partial charge on any atom is 0.254 e. The quantitative estimate of drug-likeness (QED) is 0.749. The van der Waals surface area contributed by atoms with Crippen LogP contribution in [0.15, 0.2) is 55.1 Å². The number of morpholine rings is 1. The van der Waals surface area contributed by atoms with Gasteiger partial charge in [-0.15, -0.1) is 0 Å². The first-order chi connectivity index (χ1) is 14.1. The highest BCUT2D eigenvalue weighted by Crippen LogP contribution is 2.30. The number of hydrogen-bond donors (Lipinski definition) is 0. The van der Waals surface area contributed by atoms with Gasteiger partial charge in [0.1, 0.15) is 11.9 Å². The summed E-state index contributed by atoms with van der Waals surface area (Å²) in [7, 11) is 0. The number of nitrogens with zero attached hydrogens (tertiary/aromatic N) is 2. The normalized spacial score (nSPS) is 18.9. The molecule has 2 aromatic carbocycles. The third kappa shape index (κ3) is 3.80. The summed E-state index contributed by atoms with van der Waals surface area (Å²) in [6.07, 6.45) is 2.49. The van der Waals surface area contributed by atoms with Crippen LogP contribution in [0, 0.1) is 5.82 Å². The average Bonchev–Trinajstić information content (AvgIpc) is 2.77. The Morgan fingerprint density at radius 1 is 1.17 bits per heavy atom. The zero-order chi connectivity index (χ0) is 20.4. The number of fused-ring (bicyclic) bond motifs is 1. The molecule has 0 N–H and O–H groups in total. The van der Waals surface area contributed by atoms with Crippen molar-refractivity contribution in [3.63, 3.8) is 0 Å².